The molecule has 2 saturated carbocycles. The maximum absolute atomic E-state index is 12.7. The number of hydrogen-bond acceptors (Lipinski definition) is 2. The highest BCUT2D eigenvalue weighted by Gasteiger charge is 2.70. The van der Waals surface area contributed by atoms with Crippen molar-refractivity contribution in [2.75, 3.05) is 0 Å². The van der Waals surface area contributed by atoms with Crippen molar-refractivity contribution in [3.05, 3.63) is 0 Å². The van der Waals surface area contributed by atoms with E-state index in [0.717, 1.165) is 18.8 Å². The van der Waals surface area contributed by atoms with Gasteiger partial charge in [-0.15, -0.1) is 0 Å². The normalized spacial score (nSPS) is 29.9. The van der Waals surface area contributed by atoms with E-state index in [1.54, 1.807) is 13.8 Å². The highest BCUT2D eigenvalue weighted by Crippen LogP contribution is 2.60. The molecule has 2 fully saturated rings. The summed E-state index contributed by atoms with van der Waals surface area (Å²) in [6.45, 7) is 5.49. The molecule has 3 atom stereocenters. The molecular formula is C19H24F6O2. The second kappa shape index (κ2) is 6.68. The molecule has 0 spiro atoms. The van der Waals surface area contributed by atoms with E-state index in [9.17, 15) is 31.1 Å². The SMILES string of the molecule is CC(C)(CC#CC(O)(C(F)(F)F)C(F)(F)F)C1CC[C@H]2C(=O)CCCC12C. The molecule has 2 aliphatic rings. The molecule has 8 heteroatoms. The summed E-state index contributed by atoms with van der Waals surface area (Å²) in [6.07, 6.45) is -8.67. The molecule has 0 heterocycles. The lowest BCUT2D eigenvalue weighted by molar-refractivity contribution is -0.343. The van der Waals surface area contributed by atoms with Gasteiger partial charge in [0.1, 0.15) is 5.78 Å². The van der Waals surface area contributed by atoms with Crippen molar-refractivity contribution in [2.24, 2.45) is 22.7 Å². The van der Waals surface area contributed by atoms with Crippen LogP contribution in [0.5, 0.6) is 0 Å². The van der Waals surface area contributed by atoms with Gasteiger partial charge >= 0.3 is 18.0 Å². The first kappa shape index (κ1) is 22.1. The smallest absolute Gasteiger partial charge is 0.363 e. The second-order valence-electron chi connectivity index (χ2n) is 8.68. The van der Waals surface area contributed by atoms with Crippen LogP contribution in [0.3, 0.4) is 0 Å². The fourth-order valence-corrected chi connectivity index (χ4v) is 5.04. The first-order chi connectivity index (χ1) is 12.1. The molecule has 2 unspecified atom stereocenters. The van der Waals surface area contributed by atoms with Crippen molar-refractivity contribution in [3.8, 4) is 11.8 Å². The topological polar surface area (TPSA) is 37.3 Å². The number of alkyl halides is 6. The summed E-state index contributed by atoms with van der Waals surface area (Å²) in [5, 5.41) is 9.15. The first-order valence-electron chi connectivity index (χ1n) is 8.95. The molecule has 0 saturated heterocycles. The largest absolute Gasteiger partial charge is 0.438 e. The number of hydrogen-bond donors (Lipinski definition) is 1. The lowest BCUT2D eigenvalue weighted by Gasteiger charge is -2.46. The van der Waals surface area contributed by atoms with Crippen molar-refractivity contribution >= 4 is 5.78 Å². The number of carbonyl (C=O) groups is 1. The van der Waals surface area contributed by atoms with Gasteiger partial charge in [-0.05, 0) is 48.4 Å². The van der Waals surface area contributed by atoms with E-state index in [-0.39, 0.29) is 29.5 Å². The lowest BCUT2D eigenvalue weighted by Crippen LogP contribution is -2.55. The zero-order valence-corrected chi connectivity index (χ0v) is 15.5. The average Bonchev–Trinajstić information content (AvgIpc) is 2.84. The van der Waals surface area contributed by atoms with E-state index in [1.807, 2.05) is 12.8 Å². The summed E-state index contributed by atoms with van der Waals surface area (Å²) in [5.41, 5.74) is -6.05. The Labute approximate surface area is 154 Å². The monoisotopic (exact) mass is 398 g/mol. The van der Waals surface area contributed by atoms with Crippen molar-refractivity contribution in [2.45, 2.75) is 77.2 Å². The predicted molar refractivity (Wildman–Crippen MR) is 86.4 cm³/mol. The van der Waals surface area contributed by atoms with Crippen LogP contribution in [0, 0.1) is 34.5 Å². The van der Waals surface area contributed by atoms with Gasteiger partial charge in [0.05, 0.1) is 0 Å². The highest BCUT2D eigenvalue weighted by atomic mass is 19.4. The van der Waals surface area contributed by atoms with Gasteiger partial charge in [0.25, 0.3) is 0 Å². The van der Waals surface area contributed by atoms with E-state index in [2.05, 4.69) is 0 Å². The van der Waals surface area contributed by atoms with Gasteiger partial charge in [0, 0.05) is 18.8 Å². The quantitative estimate of drug-likeness (QED) is 0.522. The zero-order valence-electron chi connectivity index (χ0n) is 15.5. The molecule has 0 amide bonds. The number of carbonyl (C=O) groups excluding carboxylic acids is 1. The van der Waals surface area contributed by atoms with Gasteiger partial charge in [-0.1, -0.05) is 26.7 Å². The molecule has 27 heavy (non-hydrogen) atoms. The second-order valence-corrected chi connectivity index (χ2v) is 8.68. The van der Waals surface area contributed by atoms with Crippen molar-refractivity contribution in [1.29, 1.82) is 0 Å². The van der Waals surface area contributed by atoms with Gasteiger partial charge in [-0.2, -0.15) is 26.3 Å². The van der Waals surface area contributed by atoms with Crippen LogP contribution in [-0.4, -0.2) is 28.8 Å². The molecular weight excluding hydrogens is 374 g/mol. The minimum Gasteiger partial charge on any atom is -0.363 e. The Hall–Kier alpha value is -1.23. The molecule has 0 aromatic heterocycles. The number of fused-ring (bicyclic) bond motifs is 1. The third-order valence-electron chi connectivity index (χ3n) is 6.44. The van der Waals surface area contributed by atoms with Crippen molar-refractivity contribution in [1.82, 2.24) is 0 Å². The summed E-state index contributed by atoms with van der Waals surface area (Å²) in [7, 11) is 0. The lowest BCUT2D eigenvalue weighted by atomic mass is 9.58. The third kappa shape index (κ3) is 3.72. The van der Waals surface area contributed by atoms with Crippen molar-refractivity contribution in [3.63, 3.8) is 0 Å². The van der Waals surface area contributed by atoms with E-state index >= 15 is 0 Å². The van der Waals surface area contributed by atoms with E-state index in [0.29, 0.717) is 19.3 Å². The molecule has 2 nitrogen and oxygen atoms in total. The summed E-state index contributed by atoms with van der Waals surface area (Å²) in [4.78, 5) is 12.2. The number of aliphatic hydroxyl groups is 1. The molecule has 0 bridgehead atoms. The van der Waals surface area contributed by atoms with Gasteiger partial charge in [0.15, 0.2) is 0 Å². The summed E-state index contributed by atoms with van der Waals surface area (Å²) in [6, 6.07) is 0. The Balaban J connectivity index is 2.25. The zero-order chi connectivity index (χ0) is 20.9. The van der Waals surface area contributed by atoms with Gasteiger partial charge in [-0.3, -0.25) is 4.79 Å². The molecule has 0 aromatic carbocycles. The molecule has 0 aliphatic heterocycles. The predicted octanol–water partition coefficient (Wildman–Crippen LogP) is 5.05. The minimum absolute atomic E-state index is 0.0431. The van der Waals surface area contributed by atoms with Crippen molar-refractivity contribution < 1.29 is 36.2 Å². The van der Waals surface area contributed by atoms with Crippen LogP contribution in [-0.2, 0) is 4.79 Å². The highest BCUT2D eigenvalue weighted by molar-refractivity contribution is 5.83. The molecule has 2 rings (SSSR count). The van der Waals surface area contributed by atoms with Crippen LogP contribution in [0.15, 0.2) is 0 Å². The van der Waals surface area contributed by atoms with Gasteiger partial charge in [-0.25, -0.2) is 0 Å². The first-order valence-corrected chi connectivity index (χ1v) is 8.95. The van der Waals surface area contributed by atoms with Crippen LogP contribution in [0.1, 0.15) is 59.3 Å². The molecule has 2 aliphatic carbocycles. The summed E-state index contributed by atoms with van der Waals surface area (Å²) >= 11 is 0. The Kier molecular flexibility index (Phi) is 5.46. The fraction of sp³-hybridized carbons (Fsp3) is 0.842. The number of rotatable bonds is 2. The van der Waals surface area contributed by atoms with Crippen LogP contribution in [0.2, 0.25) is 0 Å². The average molecular weight is 398 g/mol. The van der Waals surface area contributed by atoms with E-state index in [4.69, 9.17) is 5.11 Å². The maximum atomic E-state index is 12.7. The molecule has 0 radical (unpaired) electrons. The summed E-state index contributed by atoms with van der Waals surface area (Å²) < 4.78 is 76.4. The minimum atomic E-state index is -5.94. The Morgan fingerprint density at radius 1 is 1.11 bits per heavy atom. The van der Waals surface area contributed by atoms with Crippen LogP contribution >= 0.6 is 0 Å². The van der Waals surface area contributed by atoms with Crippen LogP contribution in [0.25, 0.3) is 0 Å². The number of Topliss-reactive ketones (excluding diaryl/α,β-unsaturated/α-hetero) is 1. The third-order valence-corrected chi connectivity index (χ3v) is 6.44. The van der Waals surface area contributed by atoms with Crippen LogP contribution in [0.4, 0.5) is 26.3 Å². The summed E-state index contributed by atoms with van der Waals surface area (Å²) in [5.74, 6) is 3.04. The van der Waals surface area contributed by atoms with Crippen LogP contribution < -0.4 is 0 Å². The van der Waals surface area contributed by atoms with E-state index in [1.165, 1.54) is 0 Å². The van der Waals surface area contributed by atoms with Gasteiger partial charge < -0.3 is 5.11 Å². The maximum Gasteiger partial charge on any atom is 0.438 e. The van der Waals surface area contributed by atoms with Gasteiger partial charge in [0.2, 0.25) is 0 Å². The fourth-order valence-electron chi connectivity index (χ4n) is 5.04. The van der Waals surface area contributed by atoms with E-state index < -0.39 is 23.4 Å². The standard InChI is InChI=1S/C19H24F6O2/c1-15(2,9-5-11-17(27,18(20,21)22)19(23,24)25)14-8-7-12-13(26)6-4-10-16(12,14)3/h12,14,27H,4,6-10H2,1-3H3/t12-,14?,16?/m0/s1. The number of ketones is 1. The molecule has 1 N–H and O–H groups in total. The Morgan fingerprint density at radius 3 is 2.19 bits per heavy atom. The molecule has 0 aromatic rings. The Bertz CT molecular complexity index is 638. The number of halogens is 6. The Morgan fingerprint density at radius 2 is 1.67 bits per heavy atom. The molecule has 154 valence electrons.